The highest BCUT2D eigenvalue weighted by molar-refractivity contribution is 6.07. The van der Waals surface area contributed by atoms with E-state index in [4.69, 9.17) is 4.52 Å². The minimum absolute atomic E-state index is 0.0594. The van der Waals surface area contributed by atoms with Crippen molar-refractivity contribution in [2.24, 2.45) is 7.05 Å². The average molecular weight is 300 g/mol. The van der Waals surface area contributed by atoms with Crippen LogP contribution in [0.15, 0.2) is 29.0 Å². The number of rotatable bonds is 3. The predicted octanol–water partition coefficient (Wildman–Crippen LogP) is 1.82. The maximum atomic E-state index is 12.0. The lowest BCUT2D eigenvalue weighted by Crippen LogP contribution is -2.13. The lowest BCUT2D eigenvalue weighted by atomic mass is 10.1. The van der Waals surface area contributed by atoms with E-state index in [1.54, 1.807) is 24.6 Å². The molecule has 0 saturated heterocycles. The predicted molar refractivity (Wildman–Crippen MR) is 76.9 cm³/mol. The zero-order valence-electron chi connectivity index (χ0n) is 11.8. The van der Waals surface area contributed by atoms with Crippen LogP contribution in [0.4, 0.5) is 5.69 Å². The molecule has 22 heavy (non-hydrogen) atoms. The van der Waals surface area contributed by atoms with Gasteiger partial charge in [-0.1, -0.05) is 5.16 Å². The molecule has 2 heterocycles. The normalized spacial score (nSPS) is 10.8. The van der Waals surface area contributed by atoms with Crippen molar-refractivity contribution in [1.82, 2.24) is 14.7 Å². The molecule has 0 unspecified atom stereocenters. The number of nitrogens with one attached hydrogen (secondary N) is 1. The minimum Gasteiger partial charge on any atom is -0.478 e. The first kappa shape index (κ1) is 13.8. The van der Waals surface area contributed by atoms with E-state index in [0.29, 0.717) is 22.5 Å². The summed E-state index contributed by atoms with van der Waals surface area (Å²) in [5.41, 5.74) is 1.48. The van der Waals surface area contributed by atoms with Crippen LogP contribution in [0.5, 0.6) is 0 Å². The van der Waals surface area contributed by atoms with Crippen LogP contribution in [0.2, 0.25) is 0 Å². The first-order chi connectivity index (χ1) is 10.5. The summed E-state index contributed by atoms with van der Waals surface area (Å²) in [5, 5.41) is 15.5. The molecule has 112 valence electrons. The quantitative estimate of drug-likeness (QED) is 0.763. The van der Waals surface area contributed by atoms with Crippen molar-refractivity contribution in [2.45, 2.75) is 6.92 Å². The van der Waals surface area contributed by atoms with Gasteiger partial charge in [-0.15, -0.1) is 0 Å². The number of carbonyl (C=O) groups excluding carboxylic acids is 1. The number of amides is 1. The van der Waals surface area contributed by atoms with Crippen LogP contribution >= 0.6 is 0 Å². The second kappa shape index (κ2) is 4.99. The average Bonchev–Trinajstić information content (AvgIpc) is 3.05. The molecule has 0 fully saturated rings. The zero-order chi connectivity index (χ0) is 15.9. The summed E-state index contributed by atoms with van der Waals surface area (Å²) in [6.45, 7) is 1.67. The molecule has 1 aromatic carbocycles. The number of nitrogens with zero attached hydrogens (tertiary/aromatic N) is 3. The molecule has 0 aliphatic carbocycles. The first-order valence-electron chi connectivity index (χ1n) is 6.39. The van der Waals surface area contributed by atoms with Crippen molar-refractivity contribution in [1.29, 1.82) is 0 Å². The number of anilines is 1. The van der Waals surface area contributed by atoms with Gasteiger partial charge >= 0.3 is 5.97 Å². The molecule has 2 N–H and O–H groups in total. The number of fused-ring (bicyclic) bond motifs is 1. The van der Waals surface area contributed by atoms with E-state index in [9.17, 15) is 14.7 Å². The van der Waals surface area contributed by atoms with E-state index in [1.807, 2.05) is 0 Å². The number of carboxylic acid groups (broad SMARTS) is 1. The molecule has 3 rings (SSSR count). The molecule has 3 aromatic rings. The van der Waals surface area contributed by atoms with Gasteiger partial charge in [0.15, 0.2) is 5.69 Å². The van der Waals surface area contributed by atoms with E-state index in [-0.39, 0.29) is 11.3 Å². The topological polar surface area (TPSA) is 110 Å². The fraction of sp³-hybridized carbons (Fsp3) is 0.143. The Balaban J connectivity index is 2.01. The van der Waals surface area contributed by atoms with Crippen LogP contribution in [0.1, 0.15) is 26.6 Å². The highest BCUT2D eigenvalue weighted by Crippen LogP contribution is 2.23. The maximum absolute atomic E-state index is 12.0. The van der Waals surface area contributed by atoms with Gasteiger partial charge in [0.25, 0.3) is 5.91 Å². The number of aromatic carboxylic acids is 1. The van der Waals surface area contributed by atoms with Crippen LogP contribution in [-0.2, 0) is 7.05 Å². The SMILES string of the molecule is Cc1cc(C(=O)Nc2cc(C(=O)O)c3c(c2)ncn3C)no1. The largest absolute Gasteiger partial charge is 0.478 e. The van der Waals surface area contributed by atoms with Crippen molar-refractivity contribution in [3.05, 3.63) is 41.5 Å². The van der Waals surface area contributed by atoms with E-state index in [1.165, 1.54) is 18.5 Å². The molecule has 0 aliphatic heterocycles. The van der Waals surface area contributed by atoms with Crippen molar-refractivity contribution >= 4 is 28.6 Å². The number of hydrogen-bond acceptors (Lipinski definition) is 5. The summed E-state index contributed by atoms with van der Waals surface area (Å²) in [6.07, 6.45) is 1.52. The lowest BCUT2D eigenvalue weighted by molar-refractivity contribution is 0.0698. The van der Waals surface area contributed by atoms with Crippen LogP contribution in [0.25, 0.3) is 11.0 Å². The van der Waals surface area contributed by atoms with Gasteiger partial charge in [0.1, 0.15) is 5.76 Å². The Bertz CT molecular complexity index is 894. The van der Waals surface area contributed by atoms with Gasteiger partial charge in [-0.05, 0) is 19.1 Å². The van der Waals surface area contributed by atoms with Gasteiger partial charge in [0.05, 0.1) is 22.9 Å². The van der Waals surface area contributed by atoms with Gasteiger partial charge in [-0.2, -0.15) is 0 Å². The van der Waals surface area contributed by atoms with Crippen molar-refractivity contribution < 1.29 is 19.2 Å². The lowest BCUT2D eigenvalue weighted by Gasteiger charge is -2.06. The van der Waals surface area contributed by atoms with Gasteiger partial charge < -0.3 is 19.5 Å². The maximum Gasteiger partial charge on any atom is 0.337 e. The smallest absolute Gasteiger partial charge is 0.337 e. The fourth-order valence-corrected chi connectivity index (χ4v) is 2.20. The molecule has 8 nitrogen and oxygen atoms in total. The number of aryl methyl sites for hydroxylation is 2. The Labute approximate surface area is 124 Å². The molecule has 0 bridgehead atoms. The Morgan fingerprint density at radius 3 is 2.73 bits per heavy atom. The number of carboxylic acids is 1. The summed E-state index contributed by atoms with van der Waals surface area (Å²) in [4.78, 5) is 27.6. The second-order valence-electron chi connectivity index (χ2n) is 4.83. The third kappa shape index (κ3) is 2.30. The first-order valence-corrected chi connectivity index (χ1v) is 6.39. The third-order valence-electron chi connectivity index (χ3n) is 3.16. The van der Waals surface area contributed by atoms with E-state index in [2.05, 4.69) is 15.5 Å². The van der Waals surface area contributed by atoms with Crippen LogP contribution in [0.3, 0.4) is 0 Å². The standard InChI is InChI=1S/C14H12N4O4/c1-7-3-11(17-22-7)13(19)16-8-4-9(14(20)21)12-10(5-8)15-6-18(12)2/h3-6H,1-2H3,(H,16,19)(H,20,21). The summed E-state index contributed by atoms with van der Waals surface area (Å²) < 4.78 is 6.45. The number of aromatic nitrogens is 3. The molecule has 2 aromatic heterocycles. The summed E-state index contributed by atoms with van der Waals surface area (Å²) in [5.74, 6) is -1.07. The highest BCUT2D eigenvalue weighted by Gasteiger charge is 2.17. The van der Waals surface area contributed by atoms with Crippen LogP contribution in [0, 0.1) is 6.92 Å². The van der Waals surface area contributed by atoms with Gasteiger partial charge in [-0.3, -0.25) is 4.79 Å². The highest BCUT2D eigenvalue weighted by atomic mass is 16.5. The number of imidazole rings is 1. The van der Waals surface area contributed by atoms with Crippen molar-refractivity contribution in [3.63, 3.8) is 0 Å². The number of carbonyl (C=O) groups is 2. The molecule has 0 atom stereocenters. The zero-order valence-corrected chi connectivity index (χ0v) is 11.8. The monoisotopic (exact) mass is 300 g/mol. The summed E-state index contributed by atoms with van der Waals surface area (Å²) in [7, 11) is 1.71. The number of benzene rings is 1. The van der Waals surface area contributed by atoms with Gasteiger partial charge in [0, 0.05) is 18.8 Å². The molecule has 0 radical (unpaired) electrons. The Morgan fingerprint density at radius 2 is 2.09 bits per heavy atom. The van der Waals surface area contributed by atoms with Gasteiger partial charge in [0.2, 0.25) is 0 Å². The second-order valence-corrected chi connectivity index (χ2v) is 4.83. The molecule has 0 aliphatic rings. The van der Waals surface area contributed by atoms with Crippen molar-refractivity contribution in [2.75, 3.05) is 5.32 Å². The van der Waals surface area contributed by atoms with Crippen molar-refractivity contribution in [3.8, 4) is 0 Å². The van der Waals surface area contributed by atoms with Gasteiger partial charge in [-0.25, -0.2) is 9.78 Å². The van der Waals surface area contributed by atoms with Crippen LogP contribution in [-0.4, -0.2) is 31.7 Å². The summed E-state index contributed by atoms with van der Waals surface area (Å²) >= 11 is 0. The molecule has 1 amide bonds. The molecular weight excluding hydrogens is 288 g/mol. The summed E-state index contributed by atoms with van der Waals surface area (Å²) in [6, 6.07) is 4.48. The van der Waals surface area contributed by atoms with E-state index < -0.39 is 11.9 Å². The minimum atomic E-state index is -1.10. The fourth-order valence-electron chi connectivity index (χ4n) is 2.20. The van der Waals surface area contributed by atoms with Crippen LogP contribution < -0.4 is 5.32 Å². The molecule has 0 spiro atoms. The molecular formula is C14H12N4O4. The Hall–Kier alpha value is -3.16. The van der Waals surface area contributed by atoms with E-state index >= 15 is 0 Å². The van der Waals surface area contributed by atoms with E-state index in [0.717, 1.165) is 0 Å². The number of hydrogen-bond donors (Lipinski definition) is 2. The third-order valence-corrected chi connectivity index (χ3v) is 3.16. The molecule has 8 heteroatoms. The Kier molecular flexibility index (Phi) is 3.13. The molecule has 0 saturated carbocycles. The Morgan fingerprint density at radius 1 is 1.32 bits per heavy atom.